The number of benzene rings is 1. The summed E-state index contributed by atoms with van der Waals surface area (Å²) in [5.41, 5.74) is 1.01. The minimum atomic E-state index is 0.530. The Labute approximate surface area is 171 Å². The molecule has 0 unspecified atom stereocenters. The van der Waals surface area contributed by atoms with E-state index in [0.29, 0.717) is 18.2 Å². The van der Waals surface area contributed by atoms with Crippen molar-refractivity contribution >= 4 is 5.96 Å². The van der Waals surface area contributed by atoms with E-state index in [0.717, 1.165) is 36.9 Å². The number of hydrogen-bond acceptors (Lipinski definition) is 4. The third-order valence-electron chi connectivity index (χ3n) is 4.15. The van der Waals surface area contributed by atoms with E-state index in [1.807, 2.05) is 60.9 Å². The number of nitrogens with zero attached hydrogens (tertiary/aromatic N) is 3. The molecule has 0 amide bonds. The van der Waals surface area contributed by atoms with Crippen LogP contribution in [0.3, 0.4) is 0 Å². The molecule has 0 saturated heterocycles. The number of ether oxygens (including phenoxy) is 2. The first-order valence-corrected chi connectivity index (χ1v) is 9.66. The molecule has 2 N–H and O–H groups in total. The SMILES string of the molecule is CCNC(=NCc1ccc(Oc2cccc(OC)c2)nc1)NCCn1cccc1. The van der Waals surface area contributed by atoms with Crippen LogP contribution in [0.4, 0.5) is 0 Å². The van der Waals surface area contributed by atoms with Crippen molar-refractivity contribution in [3.8, 4) is 17.4 Å². The highest BCUT2D eigenvalue weighted by atomic mass is 16.5. The summed E-state index contributed by atoms with van der Waals surface area (Å²) in [5.74, 6) is 2.75. The van der Waals surface area contributed by atoms with Gasteiger partial charge in [0.2, 0.25) is 5.88 Å². The highest BCUT2D eigenvalue weighted by Crippen LogP contribution is 2.23. The molecular formula is C22H27N5O2. The van der Waals surface area contributed by atoms with Crippen molar-refractivity contribution in [3.05, 3.63) is 72.7 Å². The summed E-state index contributed by atoms with van der Waals surface area (Å²) in [6.45, 7) is 5.07. The topological polar surface area (TPSA) is 72.7 Å². The summed E-state index contributed by atoms with van der Waals surface area (Å²) in [4.78, 5) is 9.00. The van der Waals surface area contributed by atoms with Crippen molar-refractivity contribution in [2.75, 3.05) is 20.2 Å². The average molecular weight is 393 g/mol. The monoisotopic (exact) mass is 393 g/mol. The largest absolute Gasteiger partial charge is 0.497 e. The van der Waals surface area contributed by atoms with Crippen molar-refractivity contribution < 1.29 is 9.47 Å². The van der Waals surface area contributed by atoms with Crippen LogP contribution in [0.15, 0.2) is 72.1 Å². The summed E-state index contributed by atoms with van der Waals surface area (Å²) in [6, 6.07) is 15.3. The zero-order chi connectivity index (χ0) is 20.3. The van der Waals surface area contributed by atoms with Crippen LogP contribution in [0.25, 0.3) is 0 Å². The summed E-state index contributed by atoms with van der Waals surface area (Å²) >= 11 is 0. The van der Waals surface area contributed by atoms with Gasteiger partial charge < -0.3 is 24.7 Å². The van der Waals surface area contributed by atoms with Crippen LogP contribution in [0, 0.1) is 0 Å². The fraction of sp³-hybridized carbons (Fsp3) is 0.273. The Bertz CT molecular complexity index is 892. The molecule has 0 aliphatic carbocycles. The first-order chi connectivity index (χ1) is 14.3. The predicted octanol–water partition coefficient (Wildman–Crippen LogP) is 3.44. The van der Waals surface area contributed by atoms with E-state index in [1.54, 1.807) is 13.3 Å². The molecule has 3 aromatic rings. The average Bonchev–Trinajstić information content (AvgIpc) is 3.27. The van der Waals surface area contributed by atoms with Gasteiger partial charge in [-0.15, -0.1) is 0 Å². The van der Waals surface area contributed by atoms with Crippen molar-refractivity contribution in [3.63, 3.8) is 0 Å². The summed E-state index contributed by atoms with van der Waals surface area (Å²) in [7, 11) is 1.63. The Balaban J connectivity index is 1.53. The molecule has 0 bridgehead atoms. The lowest BCUT2D eigenvalue weighted by molar-refractivity contribution is 0.407. The van der Waals surface area contributed by atoms with E-state index in [1.165, 1.54) is 0 Å². The Morgan fingerprint density at radius 1 is 1.07 bits per heavy atom. The van der Waals surface area contributed by atoms with Crippen molar-refractivity contribution in [1.29, 1.82) is 0 Å². The molecule has 0 saturated carbocycles. The van der Waals surface area contributed by atoms with Gasteiger partial charge in [-0.3, -0.25) is 0 Å². The zero-order valence-electron chi connectivity index (χ0n) is 16.8. The van der Waals surface area contributed by atoms with Crippen molar-refractivity contribution in [2.45, 2.75) is 20.0 Å². The maximum absolute atomic E-state index is 5.77. The standard InChI is InChI=1S/C22H27N5O2/c1-3-23-22(24-11-14-27-12-4-5-13-27)26-17-18-9-10-21(25-16-18)29-20-8-6-7-19(15-20)28-2/h4-10,12-13,15-16H,3,11,14,17H2,1-2H3,(H2,23,24,26). The number of methoxy groups -OCH3 is 1. The number of rotatable bonds is 9. The molecule has 0 fully saturated rings. The maximum Gasteiger partial charge on any atom is 0.219 e. The number of nitrogens with one attached hydrogen (secondary N) is 2. The first-order valence-electron chi connectivity index (χ1n) is 9.66. The van der Waals surface area contributed by atoms with Gasteiger partial charge in [0.15, 0.2) is 5.96 Å². The van der Waals surface area contributed by atoms with Crippen LogP contribution in [0.2, 0.25) is 0 Å². The molecular weight excluding hydrogens is 366 g/mol. The molecule has 2 aromatic heterocycles. The second-order valence-electron chi connectivity index (χ2n) is 6.33. The number of aromatic nitrogens is 2. The van der Waals surface area contributed by atoms with E-state index in [9.17, 15) is 0 Å². The van der Waals surface area contributed by atoms with Crippen LogP contribution in [-0.4, -0.2) is 35.7 Å². The lowest BCUT2D eigenvalue weighted by Crippen LogP contribution is -2.38. The Kier molecular flexibility index (Phi) is 7.51. The molecule has 0 aliphatic heterocycles. The normalized spacial score (nSPS) is 11.2. The molecule has 2 heterocycles. The number of aliphatic imine (C=N–C) groups is 1. The van der Waals surface area contributed by atoms with Gasteiger partial charge in [-0.25, -0.2) is 9.98 Å². The van der Waals surface area contributed by atoms with Crippen molar-refractivity contribution in [2.24, 2.45) is 4.99 Å². The fourth-order valence-corrected chi connectivity index (χ4v) is 2.68. The molecule has 7 heteroatoms. The Hall–Kier alpha value is -3.48. The third-order valence-corrected chi connectivity index (χ3v) is 4.15. The van der Waals surface area contributed by atoms with Crippen LogP contribution in [0.5, 0.6) is 17.4 Å². The van der Waals surface area contributed by atoms with Crippen LogP contribution in [-0.2, 0) is 13.1 Å². The van der Waals surface area contributed by atoms with E-state index in [2.05, 4.69) is 32.1 Å². The van der Waals surface area contributed by atoms with Gasteiger partial charge >= 0.3 is 0 Å². The maximum atomic E-state index is 5.77. The molecule has 3 rings (SSSR count). The lowest BCUT2D eigenvalue weighted by atomic mass is 10.3. The van der Waals surface area contributed by atoms with Gasteiger partial charge in [0.25, 0.3) is 0 Å². The van der Waals surface area contributed by atoms with Gasteiger partial charge in [0, 0.05) is 50.4 Å². The van der Waals surface area contributed by atoms with Gasteiger partial charge in [-0.1, -0.05) is 12.1 Å². The number of pyridine rings is 1. The third kappa shape index (κ3) is 6.57. The van der Waals surface area contributed by atoms with Crippen molar-refractivity contribution in [1.82, 2.24) is 20.2 Å². The molecule has 0 spiro atoms. The predicted molar refractivity (Wildman–Crippen MR) is 115 cm³/mol. The van der Waals surface area contributed by atoms with Gasteiger partial charge in [-0.05, 0) is 36.8 Å². The van der Waals surface area contributed by atoms with Gasteiger partial charge in [-0.2, -0.15) is 0 Å². The Morgan fingerprint density at radius 2 is 1.90 bits per heavy atom. The first kappa shape index (κ1) is 20.3. The second kappa shape index (κ2) is 10.8. The molecule has 0 aliphatic rings. The summed E-state index contributed by atoms with van der Waals surface area (Å²) in [6.07, 6.45) is 5.88. The highest BCUT2D eigenvalue weighted by Gasteiger charge is 2.02. The van der Waals surface area contributed by atoms with Gasteiger partial charge in [0.1, 0.15) is 11.5 Å². The quantitative estimate of drug-likeness (QED) is 0.430. The molecule has 152 valence electrons. The summed E-state index contributed by atoms with van der Waals surface area (Å²) < 4.78 is 13.1. The molecule has 0 atom stereocenters. The van der Waals surface area contributed by atoms with E-state index < -0.39 is 0 Å². The van der Waals surface area contributed by atoms with Crippen LogP contribution < -0.4 is 20.1 Å². The molecule has 1 aromatic carbocycles. The second-order valence-corrected chi connectivity index (χ2v) is 6.33. The smallest absolute Gasteiger partial charge is 0.219 e. The van der Waals surface area contributed by atoms with E-state index >= 15 is 0 Å². The molecule has 7 nitrogen and oxygen atoms in total. The lowest BCUT2D eigenvalue weighted by Gasteiger charge is -2.12. The van der Waals surface area contributed by atoms with E-state index in [-0.39, 0.29) is 0 Å². The number of guanidine groups is 1. The van der Waals surface area contributed by atoms with E-state index in [4.69, 9.17) is 9.47 Å². The fourth-order valence-electron chi connectivity index (χ4n) is 2.68. The number of hydrogen-bond donors (Lipinski definition) is 2. The minimum Gasteiger partial charge on any atom is -0.497 e. The molecule has 0 radical (unpaired) electrons. The minimum absolute atomic E-state index is 0.530. The summed E-state index contributed by atoms with van der Waals surface area (Å²) in [5, 5.41) is 6.61. The Morgan fingerprint density at radius 3 is 2.62 bits per heavy atom. The van der Waals surface area contributed by atoms with Gasteiger partial charge in [0.05, 0.1) is 13.7 Å². The van der Waals surface area contributed by atoms with Crippen LogP contribution in [0.1, 0.15) is 12.5 Å². The molecule has 29 heavy (non-hydrogen) atoms. The van der Waals surface area contributed by atoms with Crippen LogP contribution >= 0.6 is 0 Å². The highest BCUT2D eigenvalue weighted by molar-refractivity contribution is 5.79. The zero-order valence-corrected chi connectivity index (χ0v) is 16.8.